The molecule has 1 aliphatic carbocycles. The van der Waals surface area contributed by atoms with Gasteiger partial charge in [-0.15, -0.1) is 0 Å². The van der Waals surface area contributed by atoms with E-state index in [1.54, 1.807) is 0 Å². The van der Waals surface area contributed by atoms with Crippen LogP contribution in [0.3, 0.4) is 0 Å². The Labute approximate surface area is 125 Å². The number of ether oxygens (including phenoxy) is 1. The number of benzene rings is 1. The minimum Gasteiger partial charge on any atom is -0.378 e. The second kappa shape index (κ2) is 8.28. The quantitative estimate of drug-likeness (QED) is 0.784. The van der Waals surface area contributed by atoms with Gasteiger partial charge in [-0.3, -0.25) is 4.79 Å². The topological polar surface area (TPSA) is 38.3 Å². The summed E-state index contributed by atoms with van der Waals surface area (Å²) in [7, 11) is 0. The van der Waals surface area contributed by atoms with Crippen molar-refractivity contribution >= 4 is 17.5 Å². The molecule has 20 heavy (non-hydrogen) atoms. The molecule has 0 aliphatic heterocycles. The zero-order chi connectivity index (χ0) is 14.2. The summed E-state index contributed by atoms with van der Waals surface area (Å²) in [5, 5.41) is 3.58. The van der Waals surface area contributed by atoms with E-state index < -0.39 is 0 Å². The molecule has 0 bridgehead atoms. The number of carbonyl (C=O) groups is 1. The van der Waals surface area contributed by atoms with Gasteiger partial charge in [-0.1, -0.05) is 36.6 Å². The molecule has 1 amide bonds. The summed E-state index contributed by atoms with van der Waals surface area (Å²) >= 11 is 5.89. The summed E-state index contributed by atoms with van der Waals surface area (Å²) in [4.78, 5) is 11.7. The fraction of sp³-hybridized carbons (Fsp3) is 0.562. The number of nitrogens with one attached hydrogen (secondary N) is 1. The third kappa shape index (κ3) is 5.51. The number of rotatable bonds is 7. The summed E-state index contributed by atoms with van der Waals surface area (Å²) in [6.45, 7) is 1.41. The number of halogens is 1. The molecule has 4 heteroatoms. The molecule has 0 saturated heterocycles. The van der Waals surface area contributed by atoms with Crippen LogP contribution in [0.5, 0.6) is 0 Å². The predicted octanol–water partition coefficient (Wildman–Crippen LogP) is 3.35. The van der Waals surface area contributed by atoms with E-state index in [4.69, 9.17) is 16.3 Å². The first-order valence-electron chi connectivity index (χ1n) is 7.37. The first-order valence-corrected chi connectivity index (χ1v) is 7.74. The summed E-state index contributed by atoms with van der Waals surface area (Å²) in [6, 6.07) is 7.41. The van der Waals surface area contributed by atoms with Gasteiger partial charge < -0.3 is 10.1 Å². The zero-order valence-electron chi connectivity index (χ0n) is 11.7. The molecule has 1 saturated carbocycles. The van der Waals surface area contributed by atoms with Gasteiger partial charge in [0, 0.05) is 18.2 Å². The van der Waals surface area contributed by atoms with Crippen LogP contribution >= 0.6 is 11.6 Å². The van der Waals surface area contributed by atoms with E-state index in [0.29, 0.717) is 24.1 Å². The van der Waals surface area contributed by atoms with E-state index in [9.17, 15) is 4.79 Å². The van der Waals surface area contributed by atoms with Crippen LogP contribution in [-0.2, 0) is 16.0 Å². The fourth-order valence-corrected chi connectivity index (χ4v) is 2.71. The van der Waals surface area contributed by atoms with Crippen LogP contribution in [0.25, 0.3) is 0 Å². The van der Waals surface area contributed by atoms with Crippen LogP contribution in [0, 0.1) is 0 Å². The lowest BCUT2D eigenvalue weighted by Crippen LogP contribution is -2.27. The van der Waals surface area contributed by atoms with Crippen molar-refractivity contribution in [3.8, 4) is 0 Å². The molecule has 0 radical (unpaired) electrons. The summed E-state index contributed by atoms with van der Waals surface area (Å²) in [5.74, 6) is 0.0353. The van der Waals surface area contributed by atoms with Crippen LogP contribution in [-0.4, -0.2) is 25.2 Å². The Morgan fingerprint density at radius 3 is 2.90 bits per heavy atom. The second-order valence-electron chi connectivity index (χ2n) is 5.29. The van der Waals surface area contributed by atoms with E-state index in [0.717, 1.165) is 18.6 Å². The Morgan fingerprint density at radius 1 is 1.35 bits per heavy atom. The van der Waals surface area contributed by atoms with Gasteiger partial charge in [-0.2, -0.15) is 0 Å². The molecule has 0 atom stereocenters. The molecule has 2 rings (SSSR count). The van der Waals surface area contributed by atoms with Gasteiger partial charge >= 0.3 is 0 Å². The molecule has 1 aromatic rings. The minimum absolute atomic E-state index is 0.0353. The molecule has 1 aliphatic rings. The summed E-state index contributed by atoms with van der Waals surface area (Å²) in [6.07, 6.45) is 6.68. The predicted molar refractivity (Wildman–Crippen MR) is 81.0 cm³/mol. The van der Waals surface area contributed by atoms with Gasteiger partial charge in [0.2, 0.25) is 5.91 Å². The lowest BCUT2D eigenvalue weighted by atomic mass is 10.1. The molecule has 0 aromatic heterocycles. The van der Waals surface area contributed by atoms with E-state index in [-0.39, 0.29) is 5.91 Å². The van der Waals surface area contributed by atoms with Crippen LogP contribution in [0.15, 0.2) is 24.3 Å². The first kappa shape index (κ1) is 15.3. The highest BCUT2D eigenvalue weighted by molar-refractivity contribution is 6.30. The zero-order valence-corrected chi connectivity index (χ0v) is 12.5. The Kier molecular flexibility index (Phi) is 6.34. The number of carbonyl (C=O) groups excluding carboxylic acids is 1. The highest BCUT2D eigenvalue weighted by Crippen LogP contribution is 2.20. The number of hydrogen-bond donors (Lipinski definition) is 1. The Morgan fingerprint density at radius 2 is 2.15 bits per heavy atom. The lowest BCUT2D eigenvalue weighted by molar-refractivity contribution is -0.120. The largest absolute Gasteiger partial charge is 0.378 e. The van der Waals surface area contributed by atoms with Gasteiger partial charge in [0.15, 0.2) is 0 Å². The molecule has 0 spiro atoms. The fourth-order valence-electron chi connectivity index (χ4n) is 2.50. The highest BCUT2D eigenvalue weighted by Gasteiger charge is 2.14. The van der Waals surface area contributed by atoms with Crippen molar-refractivity contribution in [1.29, 1.82) is 0 Å². The van der Waals surface area contributed by atoms with E-state index in [2.05, 4.69) is 5.32 Å². The summed E-state index contributed by atoms with van der Waals surface area (Å²) < 4.78 is 5.75. The lowest BCUT2D eigenvalue weighted by Gasteiger charge is -2.11. The van der Waals surface area contributed by atoms with Gasteiger partial charge in [0.1, 0.15) is 0 Å². The van der Waals surface area contributed by atoms with Crippen LogP contribution < -0.4 is 5.32 Å². The summed E-state index contributed by atoms with van der Waals surface area (Å²) in [5.41, 5.74) is 0.942. The van der Waals surface area contributed by atoms with Crippen molar-refractivity contribution in [3.05, 3.63) is 34.9 Å². The van der Waals surface area contributed by atoms with E-state index in [1.165, 1.54) is 25.7 Å². The number of amides is 1. The van der Waals surface area contributed by atoms with Crippen molar-refractivity contribution in [1.82, 2.24) is 5.32 Å². The van der Waals surface area contributed by atoms with Crippen molar-refractivity contribution in [3.63, 3.8) is 0 Å². The molecular formula is C16H22ClNO2. The maximum absolute atomic E-state index is 11.7. The molecule has 3 nitrogen and oxygen atoms in total. The van der Waals surface area contributed by atoms with E-state index in [1.807, 2.05) is 24.3 Å². The Hall–Kier alpha value is -1.06. The second-order valence-corrected chi connectivity index (χ2v) is 5.72. The monoisotopic (exact) mass is 295 g/mol. The normalized spacial score (nSPS) is 15.4. The smallest absolute Gasteiger partial charge is 0.224 e. The van der Waals surface area contributed by atoms with Crippen molar-refractivity contribution in [2.75, 3.05) is 13.2 Å². The van der Waals surface area contributed by atoms with E-state index >= 15 is 0 Å². The van der Waals surface area contributed by atoms with Gasteiger partial charge in [0.25, 0.3) is 0 Å². The van der Waals surface area contributed by atoms with Crippen LogP contribution in [0.1, 0.15) is 37.7 Å². The maximum atomic E-state index is 11.7. The van der Waals surface area contributed by atoms with Crippen LogP contribution in [0.4, 0.5) is 0 Å². The Bertz CT molecular complexity index is 430. The third-order valence-corrected chi connectivity index (χ3v) is 3.79. The molecule has 1 N–H and O–H groups in total. The number of hydrogen-bond acceptors (Lipinski definition) is 2. The standard InChI is InChI=1S/C16H22ClNO2/c17-14-6-3-5-13(11-14)12-16(19)18-9-4-10-20-15-7-1-2-8-15/h3,5-6,11,15H,1-2,4,7-10,12H2,(H,18,19). The minimum atomic E-state index is 0.0353. The van der Waals surface area contributed by atoms with Crippen molar-refractivity contribution in [2.45, 2.75) is 44.6 Å². The molecular weight excluding hydrogens is 274 g/mol. The molecule has 0 unspecified atom stereocenters. The van der Waals surface area contributed by atoms with Gasteiger partial charge in [0.05, 0.1) is 12.5 Å². The first-order chi connectivity index (χ1) is 9.74. The SMILES string of the molecule is O=C(Cc1cccc(Cl)c1)NCCCOC1CCCC1. The molecule has 1 aromatic carbocycles. The molecule has 110 valence electrons. The molecule has 0 heterocycles. The Balaban J connectivity index is 1.55. The average Bonchev–Trinajstić information content (AvgIpc) is 2.91. The van der Waals surface area contributed by atoms with Crippen LogP contribution in [0.2, 0.25) is 5.02 Å². The van der Waals surface area contributed by atoms with Crippen molar-refractivity contribution in [2.24, 2.45) is 0 Å². The van der Waals surface area contributed by atoms with Crippen molar-refractivity contribution < 1.29 is 9.53 Å². The highest BCUT2D eigenvalue weighted by atomic mass is 35.5. The van der Waals surface area contributed by atoms with Gasteiger partial charge in [-0.05, 0) is 37.0 Å². The molecule has 1 fully saturated rings. The maximum Gasteiger partial charge on any atom is 0.224 e. The third-order valence-electron chi connectivity index (χ3n) is 3.55. The van der Waals surface area contributed by atoms with Gasteiger partial charge in [-0.25, -0.2) is 0 Å². The average molecular weight is 296 g/mol.